The SMILES string of the molecule is CC(C)Oc1ccc(-c2cc([N+](=O)[O-])cc(Cl)n2)cc1. The third-order valence-electron chi connectivity index (χ3n) is 2.51. The van der Waals surface area contributed by atoms with Crippen LogP contribution in [0.2, 0.25) is 5.15 Å². The summed E-state index contributed by atoms with van der Waals surface area (Å²) in [7, 11) is 0. The Balaban J connectivity index is 2.34. The van der Waals surface area contributed by atoms with E-state index in [0.29, 0.717) is 5.69 Å². The molecule has 6 heteroatoms. The fourth-order valence-corrected chi connectivity index (χ4v) is 1.92. The summed E-state index contributed by atoms with van der Waals surface area (Å²) in [5.41, 5.74) is 1.12. The number of ether oxygens (including phenoxy) is 1. The fourth-order valence-electron chi connectivity index (χ4n) is 1.71. The van der Waals surface area contributed by atoms with Crippen LogP contribution < -0.4 is 4.74 Å². The van der Waals surface area contributed by atoms with E-state index >= 15 is 0 Å². The maximum Gasteiger partial charge on any atom is 0.274 e. The van der Waals surface area contributed by atoms with Gasteiger partial charge in [-0.1, -0.05) is 11.6 Å². The maximum atomic E-state index is 10.8. The lowest BCUT2D eigenvalue weighted by Gasteiger charge is -2.10. The van der Waals surface area contributed by atoms with Crippen molar-refractivity contribution in [2.75, 3.05) is 0 Å². The molecule has 0 spiro atoms. The first kappa shape index (κ1) is 14.3. The molecule has 2 rings (SSSR count). The van der Waals surface area contributed by atoms with E-state index in [1.807, 2.05) is 13.8 Å². The molecule has 104 valence electrons. The molecule has 5 nitrogen and oxygen atoms in total. The van der Waals surface area contributed by atoms with Gasteiger partial charge in [-0.05, 0) is 38.1 Å². The molecule has 0 aliphatic carbocycles. The van der Waals surface area contributed by atoms with Gasteiger partial charge in [0.05, 0.1) is 22.8 Å². The molecule has 0 atom stereocenters. The molecule has 0 radical (unpaired) electrons. The molecular weight excluding hydrogens is 280 g/mol. The molecule has 0 unspecified atom stereocenters. The summed E-state index contributed by atoms with van der Waals surface area (Å²) >= 11 is 5.80. The van der Waals surface area contributed by atoms with Gasteiger partial charge in [-0.15, -0.1) is 0 Å². The Morgan fingerprint density at radius 2 is 1.90 bits per heavy atom. The van der Waals surface area contributed by atoms with Gasteiger partial charge in [0.1, 0.15) is 10.9 Å². The predicted molar refractivity (Wildman–Crippen MR) is 77.1 cm³/mol. The molecule has 20 heavy (non-hydrogen) atoms. The highest BCUT2D eigenvalue weighted by molar-refractivity contribution is 6.29. The van der Waals surface area contributed by atoms with Gasteiger partial charge >= 0.3 is 0 Å². The lowest BCUT2D eigenvalue weighted by atomic mass is 10.1. The van der Waals surface area contributed by atoms with Gasteiger partial charge in [0, 0.05) is 11.6 Å². The van der Waals surface area contributed by atoms with Crippen molar-refractivity contribution in [3.63, 3.8) is 0 Å². The van der Waals surface area contributed by atoms with Gasteiger partial charge in [-0.3, -0.25) is 10.1 Å². The van der Waals surface area contributed by atoms with Crippen molar-refractivity contribution in [2.45, 2.75) is 20.0 Å². The summed E-state index contributed by atoms with van der Waals surface area (Å²) in [5.74, 6) is 0.736. The third-order valence-corrected chi connectivity index (χ3v) is 2.71. The Morgan fingerprint density at radius 3 is 2.45 bits per heavy atom. The zero-order chi connectivity index (χ0) is 14.7. The van der Waals surface area contributed by atoms with E-state index in [1.54, 1.807) is 24.3 Å². The summed E-state index contributed by atoms with van der Waals surface area (Å²) in [6, 6.07) is 9.79. The highest BCUT2D eigenvalue weighted by Gasteiger charge is 2.11. The van der Waals surface area contributed by atoms with Crippen LogP contribution in [0.25, 0.3) is 11.3 Å². The molecule has 0 aliphatic rings. The average molecular weight is 293 g/mol. The summed E-state index contributed by atoms with van der Waals surface area (Å²) in [4.78, 5) is 14.4. The quantitative estimate of drug-likeness (QED) is 0.483. The summed E-state index contributed by atoms with van der Waals surface area (Å²) in [5, 5.41) is 10.9. The second kappa shape index (κ2) is 5.88. The van der Waals surface area contributed by atoms with Crippen molar-refractivity contribution in [1.82, 2.24) is 4.98 Å². The van der Waals surface area contributed by atoms with Crippen molar-refractivity contribution >= 4 is 17.3 Å². The van der Waals surface area contributed by atoms with E-state index in [1.165, 1.54) is 12.1 Å². The van der Waals surface area contributed by atoms with E-state index < -0.39 is 4.92 Å². The molecule has 0 fully saturated rings. The van der Waals surface area contributed by atoms with E-state index in [9.17, 15) is 10.1 Å². The van der Waals surface area contributed by atoms with Crippen LogP contribution in [0.3, 0.4) is 0 Å². The standard InChI is InChI=1S/C14H13ClN2O3/c1-9(2)20-12-5-3-10(4-6-12)13-7-11(17(18)19)8-14(15)16-13/h3-9H,1-2H3. The minimum absolute atomic E-state index is 0.0810. The molecule has 2 aromatic rings. The van der Waals surface area contributed by atoms with Crippen molar-refractivity contribution < 1.29 is 9.66 Å². The lowest BCUT2D eigenvalue weighted by Crippen LogP contribution is -2.05. The van der Waals surface area contributed by atoms with Crippen LogP contribution >= 0.6 is 11.6 Å². The van der Waals surface area contributed by atoms with Crippen LogP contribution in [0.15, 0.2) is 36.4 Å². The number of nitro groups is 1. The Hall–Kier alpha value is -2.14. The first-order valence-corrected chi connectivity index (χ1v) is 6.42. The molecule has 1 heterocycles. The molecule has 0 aliphatic heterocycles. The zero-order valence-corrected chi connectivity index (χ0v) is 11.8. The van der Waals surface area contributed by atoms with Gasteiger partial charge in [0.15, 0.2) is 0 Å². The molecule has 0 amide bonds. The zero-order valence-electron chi connectivity index (χ0n) is 11.0. The van der Waals surface area contributed by atoms with Crippen LogP contribution in [-0.2, 0) is 0 Å². The molecule has 1 aromatic carbocycles. The maximum absolute atomic E-state index is 10.8. The predicted octanol–water partition coefficient (Wildman–Crippen LogP) is 4.10. The number of rotatable bonds is 4. The van der Waals surface area contributed by atoms with Gasteiger partial charge < -0.3 is 4.74 Å². The highest BCUT2D eigenvalue weighted by Crippen LogP contribution is 2.26. The molecule has 1 aromatic heterocycles. The molecular formula is C14H13ClN2O3. The van der Waals surface area contributed by atoms with Gasteiger partial charge in [-0.25, -0.2) is 4.98 Å². The van der Waals surface area contributed by atoms with Crippen LogP contribution in [0, 0.1) is 10.1 Å². The molecule has 0 N–H and O–H groups in total. The minimum atomic E-state index is -0.493. The Bertz CT molecular complexity index is 627. The topological polar surface area (TPSA) is 65.3 Å². The number of aromatic nitrogens is 1. The number of hydrogen-bond acceptors (Lipinski definition) is 4. The number of nitrogens with zero attached hydrogens (tertiary/aromatic N) is 2. The van der Waals surface area contributed by atoms with E-state index in [0.717, 1.165) is 11.3 Å². The van der Waals surface area contributed by atoms with E-state index in [-0.39, 0.29) is 16.9 Å². The van der Waals surface area contributed by atoms with E-state index in [2.05, 4.69) is 4.98 Å². The van der Waals surface area contributed by atoms with Crippen molar-refractivity contribution in [1.29, 1.82) is 0 Å². The lowest BCUT2D eigenvalue weighted by molar-refractivity contribution is -0.384. The fraction of sp³-hybridized carbons (Fsp3) is 0.214. The molecule has 0 saturated heterocycles. The van der Waals surface area contributed by atoms with Crippen molar-refractivity contribution in [3.8, 4) is 17.0 Å². The molecule has 0 bridgehead atoms. The third kappa shape index (κ3) is 3.45. The second-order valence-corrected chi connectivity index (χ2v) is 4.87. The summed E-state index contributed by atoms with van der Waals surface area (Å²) in [6.45, 7) is 3.88. The summed E-state index contributed by atoms with van der Waals surface area (Å²) < 4.78 is 5.54. The largest absolute Gasteiger partial charge is 0.491 e. The highest BCUT2D eigenvalue weighted by atomic mass is 35.5. The number of benzene rings is 1. The van der Waals surface area contributed by atoms with Crippen LogP contribution in [0.1, 0.15) is 13.8 Å². The first-order valence-electron chi connectivity index (χ1n) is 6.05. The monoisotopic (exact) mass is 292 g/mol. The Kier molecular flexibility index (Phi) is 4.20. The van der Waals surface area contributed by atoms with E-state index in [4.69, 9.17) is 16.3 Å². The normalized spacial score (nSPS) is 10.6. The number of hydrogen-bond donors (Lipinski definition) is 0. The summed E-state index contributed by atoms with van der Waals surface area (Å²) in [6.07, 6.45) is 0.0891. The average Bonchev–Trinajstić information content (AvgIpc) is 2.38. The van der Waals surface area contributed by atoms with Crippen molar-refractivity contribution in [2.24, 2.45) is 0 Å². The van der Waals surface area contributed by atoms with Crippen LogP contribution in [-0.4, -0.2) is 16.0 Å². The minimum Gasteiger partial charge on any atom is -0.491 e. The Labute approximate surface area is 121 Å². The molecule has 0 saturated carbocycles. The van der Waals surface area contributed by atoms with Gasteiger partial charge in [0.2, 0.25) is 0 Å². The van der Waals surface area contributed by atoms with Crippen LogP contribution in [0.4, 0.5) is 5.69 Å². The second-order valence-electron chi connectivity index (χ2n) is 4.48. The van der Waals surface area contributed by atoms with Crippen LogP contribution in [0.5, 0.6) is 5.75 Å². The van der Waals surface area contributed by atoms with Crippen molar-refractivity contribution in [3.05, 3.63) is 51.7 Å². The number of halogens is 1. The van der Waals surface area contributed by atoms with Gasteiger partial charge in [-0.2, -0.15) is 0 Å². The Morgan fingerprint density at radius 1 is 1.25 bits per heavy atom. The smallest absolute Gasteiger partial charge is 0.274 e. The first-order chi connectivity index (χ1) is 9.45. The van der Waals surface area contributed by atoms with Gasteiger partial charge in [0.25, 0.3) is 5.69 Å². The number of pyridine rings is 1.